The average Bonchev–Trinajstić information content (AvgIpc) is 2.99. The summed E-state index contributed by atoms with van der Waals surface area (Å²) in [4.78, 5) is 14.8. The summed E-state index contributed by atoms with van der Waals surface area (Å²) in [5, 5.41) is 2.66. The van der Waals surface area contributed by atoms with Crippen molar-refractivity contribution >= 4 is 47.8 Å². The van der Waals surface area contributed by atoms with Crippen LogP contribution in [0.2, 0.25) is 15.6 Å². The minimum atomic E-state index is -2.72. The second-order valence-electron chi connectivity index (χ2n) is 10.3. The zero-order valence-corrected chi connectivity index (χ0v) is 22.8. The topological polar surface area (TPSA) is 51.1 Å². The average molecular weight is 516 g/mol. The summed E-state index contributed by atoms with van der Waals surface area (Å²) in [6.07, 6.45) is 3.01. The van der Waals surface area contributed by atoms with Crippen LogP contribution in [0.5, 0.6) is 0 Å². The van der Waals surface area contributed by atoms with Crippen molar-refractivity contribution in [2.75, 3.05) is 18.0 Å². The molecule has 3 aromatic rings. The van der Waals surface area contributed by atoms with Gasteiger partial charge in [-0.25, -0.2) is 0 Å². The molecule has 0 N–H and O–H groups in total. The predicted octanol–water partition coefficient (Wildman–Crippen LogP) is 5.50. The van der Waals surface area contributed by atoms with Gasteiger partial charge in [-0.05, 0) is 64.8 Å². The fourth-order valence-corrected chi connectivity index (χ4v) is 10.3. The lowest BCUT2D eigenvalue weighted by molar-refractivity contribution is 0.0773. The molecule has 1 fully saturated rings. The second kappa shape index (κ2) is 9.94. The van der Waals surface area contributed by atoms with E-state index in [-0.39, 0.29) is 15.6 Å². The lowest BCUT2D eigenvalue weighted by atomic mass is 10.0. The molecule has 0 spiro atoms. The number of benzene rings is 2. The second-order valence-corrected chi connectivity index (χ2v) is 15.2. The van der Waals surface area contributed by atoms with E-state index in [0.717, 1.165) is 25.8 Å². The van der Waals surface area contributed by atoms with Crippen LogP contribution in [0, 0.1) is 0 Å². The first kappa shape index (κ1) is 25.1. The Bertz CT molecular complexity index is 1050. The fraction of sp³-hybridized carbons (Fsp3) is 0.423. The van der Waals surface area contributed by atoms with Gasteiger partial charge in [-0.3, -0.25) is 0 Å². The molecule has 1 aliphatic rings. The van der Waals surface area contributed by atoms with Crippen LogP contribution >= 0.6 is 23.2 Å². The number of rotatable bonds is 5. The van der Waals surface area contributed by atoms with Crippen LogP contribution in [-0.2, 0) is 4.43 Å². The first-order valence-electron chi connectivity index (χ1n) is 11.8. The molecule has 2 heterocycles. The summed E-state index contributed by atoms with van der Waals surface area (Å²) in [7, 11) is -2.72. The van der Waals surface area contributed by atoms with E-state index >= 15 is 0 Å². The van der Waals surface area contributed by atoms with E-state index in [1.165, 1.54) is 10.4 Å². The van der Waals surface area contributed by atoms with Crippen molar-refractivity contribution in [2.24, 2.45) is 0 Å². The molecule has 34 heavy (non-hydrogen) atoms. The standard InChI is InChI=1S/C26H32Cl2N4OSi/c1-25(2,3)34(20-13-7-5-8-14-20,21-15-9-6-10-16-21)33-26(4)17-11-12-18-32(19-26)24-30-22(27)29-23(28)31-24/h5-10,13-16H,11-12,17-19H2,1-4H3. The number of nitrogens with zero attached hydrogens (tertiary/aromatic N) is 4. The highest BCUT2D eigenvalue weighted by molar-refractivity contribution is 6.99. The van der Waals surface area contributed by atoms with E-state index < -0.39 is 13.9 Å². The van der Waals surface area contributed by atoms with Crippen molar-refractivity contribution in [3.63, 3.8) is 0 Å². The van der Waals surface area contributed by atoms with Gasteiger partial charge in [-0.15, -0.1) is 0 Å². The molecule has 1 saturated heterocycles. The van der Waals surface area contributed by atoms with Gasteiger partial charge in [0.1, 0.15) is 0 Å². The summed E-state index contributed by atoms with van der Waals surface area (Å²) in [6.45, 7) is 10.6. The predicted molar refractivity (Wildman–Crippen MR) is 143 cm³/mol. The molecular formula is C26H32Cl2N4OSi. The summed E-state index contributed by atoms with van der Waals surface area (Å²) in [6, 6.07) is 21.5. The summed E-state index contributed by atoms with van der Waals surface area (Å²) < 4.78 is 7.56. The molecule has 1 unspecified atom stereocenters. The van der Waals surface area contributed by atoms with Gasteiger partial charge in [0.2, 0.25) is 16.5 Å². The van der Waals surface area contributed by atoms with Crippen LogP contribution in [-0.4, -0.2) is 42.0 Å². The third-order valence-electron chi connectivity index (χ3n) is 6.58. The van der Waals surface area contributed by atoms with E-state index in [1.54, 1.807) is 0 Å². The molecule has 0 aliphatic carbocycles. The van der Waals surface area contributed by atoms with Crippen LogP contribution < -0.4 is 15.3 Å². The summed E-state index contributed by atoms with van der Waals surface area (Å²) in [5.74, 6) is 0.504. The summed E-state index contributed by atoms with van der Waals surface area (Å²) >= 11 is 12.2. The lowest BCUT2D eigenvalue weighted by Gasteiger charge is -2.49. The van der Waals surface area contributed by atoms with Crippen molar-refractivity contribution < 1.29 is 4.43 Å². The van der Waals surface area contributed by atoms with Gasteiger partial charge < -0.3 is 9.33 Å². The Morgan fingerprint density at radius 2 is 1.38 bits per heavy atom. The smallest absolute Gasteiger partial charge is 0.261 e. The van der Waals surface area contributed by atoms with Crippen molar-refractivity contribution in [2.45, 2.75) is 57.6 Å². The lowest BCUT2D eigenvalue weighted by Crippen LogP contribution is -2.70. The van der Waals surface area contributed by atoms with Crippen molar-refractivity contribution in [3.05, 3.63) is 71.2 Å². The number of halogens is 2. The third kappa shape index (κ3) is 5.15. The Hall–Kier alpha value is -1.99. The Kier molecular flexibility index (Phi) is 7.34. The Morgan fingerprint density at radius 1 is 0.853 bits per heavy atom. The number of hydrogen-bond acceptors (Lipinski definition) is 5. The molecule has 4 rings (SSSR count). The molecule has 5 nitrogen and oxygen atoms in total. The van der Waals surface area contributed by atoms with Crippen LogP contribution in [0.15, 0.2) is 60.7 Å². The van der Waals surface area contributed by atoms with Crippen molar-refractivity contribution in [3.8, 4) is 0 Å². The van der Waals surface area contributed by atoms with Crippen LogP contribution in [0.3, 0.4) is 0 Å². The number of anilines is 1. The molecule has 180 valence electrons. The van der Waals surface area contributed by atoms with Gasteiger partial charge in [-0.1, -0.05) is 81.4 Å². The van der Waals surface area contributed by atoms with Gasteiger partial charge >= 0.3 is 0 Å². The molecule has 1 aliphatic heterocycles. The molecule has 0 amide bonds. The Balaban J connectivity index is 1.81. The zero-order chi connectivity index (χ0) is 24.4. The zero-order valence-electron chi connectivity index (χ0n) is 20.3. The van der Waals surface area contributed by atoms with Crippen LogP contribution in [0.1, 0.15) is 47.0 Å². The number of hydrogen-bond donors (Lipinski definition) is 0. The molecule has 0 radical (unpaired) electrons. The maximum atomic E-state index is 7.56. The molecule has 0 saturated carbocycles. The Labute approximate surface area is 213 Å². The highest BCUT2D eigenvalue weighted by Crippen LogP contribution is 2.41. The van der Waals surface area contributed by atoms with E-state index in [4.69, 9.17) is 27.6 Å². The van der Waals surface area contributed by atoms with E-state index in [0.29, 0.717) is 12.5 Å². The molecule has 1 aromatic heterocycles. The van der Waals surface area contributed by atoms with E-state index in [1.807, 2.05) is 0 Å². The highest BCUT2D eigenvalue weighted by atomic mass is 35.5. The van der Waals surface area contributed by atoms with Gasteiger partial charge in [0.05, 0.1) is 5.60 Å². The monoisotopic (exact) mass is 514 g/mol. The largest absolute Gasteiger partial charge is 0.400 e. The van der Waals surface area contributed by atoms with Crippen molar-refractivity contribution in [1.82, 2.24) is 15.0 Å². The molecule has 8 heteroatoms. The van der Waals surface area contributed by atoms with E-state index in [2.05, 4.69) is 108 Å². The number of aromatic nitrogens is 3. The molecular weight excluding hydrogens is 483 g/mol. The summed E-state index contributed by atoms with van der Waals surface area (Å²) in [5.41, 5.74) is -0.423. The van der Waals surface area contributed by atoms with Gasteiger partial charge in [-0.2, -0.15) is 15.0 Å². The first-order chi connectivity index (χ1) is 16.1. The minimum Gasteiger partial charge on any atom is -0.400 e. The normalized spacial score (nSPS) is 19.6. The molecule has 2 aromatic carbocycles. The van der Waals surface area contributed by atoms with Crippen LogP contribution in [0.4, 0.5) is 5.95 Å². The molecule has 0 bridgehead atoms. The SMILES string of the molecule is CC1(O[Si](c2ccccc2)(c2ccccc2)C(C)(C)C)CCCCN(c2nc(Cl)nc(Cl)n2)C1. The van der Waals surface area contributed by atoms with Crippen LogP contribution in [0.25, 0.3) is 0 Å². The fourth-order valence-electron chi connectivity index (χ4n) is 5.09. The van der Waals surface area contributed by atoms with E-state index in [9.17, 15) is 0 Å². The van der Waals surface area contributed by atoms with Gasteiger partial charge in [0, 0.05) is 13.1 Å². The molecule has 1 atom stereocenters. The minimum absolute atomic E-state index is 0.102. The third-order valence-corrected chi connectivity index (χ3v) is 12.1. The maximum Gasteiger partial charge on any atom is 0.261 e. The highest BCUT2D eigenvalue weighted by Gasteiger charge is 2.54. The quantitative estimate of drug-likeness (QED) is 0.420. The van der Waals surface area contributed by atoms with Gasteiger partial charge in [0.25, 0.3) is 8.32 Å². The van der Waals surface area contributed by atoms with Crippen molar-refractivity contribution in [1.29, 1.82) is 0 Å². The van der Waals surface area contributed by atoms with Gasteiger partial charge in [0.15, 0.2) is 0 Å². The Morgan fingerprint density at radius 3 is 1.88 bits per heavy atom. The first-order valence-corrected chi connectivity index (χ1v) is 14.4. The maximum absolute atomic E-state index is 7.56.